The molecule has 0 aliphatic carbocycles. The van der Waals surface area contributed by atoms with Crippen molar-refractivity contribution in [2.45, 2.75) is 39.8 Å². The largest absolute Gasteiger partial charge is 0.497 e. The topological polar surface area (TPSA) is 64.0 Å². The third-order valence-electron chi connectivity index (χ3n) is 6.82. The van der Waals surface area contributed by atoms with Crippen molar-refractivity contribution in [1.82, 2.24) is 9.47 Å². The van der Waals surface area contributed by atoms with Crippen molar-refractivity contribution in [1.29, 1.82) is 0 Å². The number of aromatic nitrogens is 1. The number of ether oxygens (including phenoxy) is 2. The summed E-state index contributed by atoms with van der Waals surface area (Å²) in [6.45, 7) is 7.33. The Morgan fingerprint density at radius 1 is 1.03 bits per heavy atom. The predicted octanol–water partition coefficient (Wildman–Crippen LogP) is 5.43. The van der Waals surface area contributed by atoms with E-state index >= 15 is 0 Å². The molecular formula is C29H34ClN3O4. The number of alkyl halides is 1. The molecule has 37 heavy (non-hydrogen) atoms. The van der Waals surface area contributed by atoms with Crippen LogP contribution in [0.15, 0.2) is 60.8 Å². The molecule has 2 aromatic carbocycles. The normalized spacial score (nSPS) is 14.7. The maximum absolute atomic E-state index is 14.3. The number of methoxy groups -OCH3 is 2. The van der Waals surface area contributed by atoms with Gasteiger partial charge in [0.25, 0.3) is 0 Å². The second kappa shape index (κ2) is 10.5. The summed E-state index contributed by atoms with van der Waals surface area (Å²) in [7, 11) is 3.22. The summed E-state index contributed by atoms with van der Waals surface area (Å²) in [5.74, 6) is 1.09. The minimum atomic E-state index is -0.796. The average molecular weight is 524 g/mol. The Bertz CT molecular complexity index is 1300. The highest BCUT2D eigenvalue weighted by atomic mass is 35.5. The van der Waals surface area contributed by atoms with E-state index in [1.165, 1.54) is 0 Å². The minimum absolute atomic E-state index is 0.0886. The number of para-hydroxylation sites is 2. The van der Waals surface area contributed by atoms with Crippen LogP contribution in [0.5, 0.6) is 11.5 Å². The van der Waals surface area contributed by atoms with Crippen molar-refractivity contribution < 1.29 is 19.1 Å². The number of anilines is 1. The fourth-order valence-corrected chi connectivity index (χ4v) is 4.88. The fourth-order valence-electron chi connectivity index (χ4n) is 4.77. The fraction of sp³-hybridized carbons (Fsp3) is 0.379. The van der Waals surface area contributed by atoms with Gasteiger partial charge in [0.05, 0.1) is 36.7 Å². The van der Waals surface area contributed by atoms with E-state index in [1.807, 2.05) is 74.6 Å². The highest BCUT2D eigenvalue weighted by Gasteiger charge is 2.40. The molecule has 3 aromatic rings. The van der Waals surface area contributed by atoms with E-state index in [9.17, 15) is 9.59 Å². The molecule has 1 aliphatic rings. The lowest BCUT2D eigenvalue weighted by atomic mass is 9.93. The summed E-state index contributed by atoms with van der Waals surface area (Å²) >= 11 is 6.13. The Hall–Kier alpha value is -3.45. The van der Waals surface area contributed by atoms with Gasteiger partial charge in [0.2, 0.25) is 11.8 Å². The van der Waals surface area contributed by atoms with Gasteiger partial charge in [-0.15, -0.1) is 11.6 Å². The summed E-state index contributed by atoms with van der Waals surface area (Å²) in [6, 6.07) is 16.6. The van der Waals surface area contributed by atoms with Gasteiger partial charge in [0.1, 0.15) is 24.1 Å². The molecule has 1 atom stereocenters. The lowest BCUT2D eigenvalue weighted by Gasteiger charge is -2.41. The van der Waals surface area contributed by atoms with Gasteiger partial charge in [-0.05, 0) is 70.2 Å². The van der Waals surface area contributed by atoms with E-state index < -0.39 is 11.5 Å². The number of rotatable bonds is 8. The number of hydrogen-bond donors (Lipinski definition) is 0. The van der Waals surface area contributed by atoms with E-state index in [-0.39, 0.29) is 30.3 Å². The molecule has 4 rings (SSSR count). The summed E-state index contributed by atoms with van der Waals surface area (Å²) < 4.78 is 13.4. The Morgan fingerprint density at radius 3 is 2.35 bits per heavy atom. The van der Waals surface area contributed by atoms with Gasteiger partial charge in [-0.3, -0.25) is 14.5 Å². The first-order valence-corrected chi connectivity index (χ1v) is 12.9. The van der Waals surface area contributed by atoms with Crippen LogP contribution in [0, 0.1) is 5.41 Å². The first kappa shape index (κ1) is 26.6. The summed E-state index contributed by atoms with van der Waals surface area (Å²) in [5, 5.41) is 0. The third kappa shape index (κ3) is 4.80. The van der Waals surface area contributed by atoms with Crippen molar-refractivity contribution in [2.24, 2.45) is 5.41 Å². The van der Waals surface area contributed by atoms with Gasteiger partial charge in [0, 0.05) is 23.7 Å². The summed E-state index contributed by atoms with van der Waals surface area (Å²) in [6.07, 6.45) is 1.99. The van der Waals surface area contributed by atoms with Gasteiger partial charge in [0.15, 0.2) is 0 Å². The van der Waals surface area contributed by atoms with Crippen LogP contribution in [0.3, 0.4) is 0 Å². The zero-order valence-electron chi connectivity index (χ0n) is 22.2. The Balaban J connectivity index is 1.88. The van der Waals surface area contributed by atoms with Crippen LogP contribution in [0.25, 0.3) is 5.69 Å². The van der Waals surface area contributed by atoms with Crippen LogP contribution in [0.4, 0.5) is 5.69 Å². The molecule has 0 bridgehead atoms. The van der Waals surface area contributed by atoms with Gasteiger partial charge in [-0.2, -0.15) is 0 Å². The first-order valence-electron chi connectivity index (χ1n) is 12.3. The lowest BCUT2D eigenvalue weighted by molar-refractivity contribution is -0.144. The highest BCUT2D eigenvalue weighted by Crippen LogP contribution is 2.45. The van der Waals surface area contributed by atoms with E-state index in [0.717, 1.165) is 22.6 Å². The van der Waals surface area contributed by atoms with E-state index in [2.05, 4.69) is 4.57 Å². The first-order chi connectivity index (χ1) is 17.6. The predicted molar refractivity (Wildman–Crippen MR) is 146 cm³/mol. The monoisotopic (exact) mass is 523 g/mol. The van der Waals surface area contributed by atoms with Crippen molar-refractivity contribution in [3.63, 3.8) is 0 Å². The number of carbonyl (C=O) groups is 2. The van der Waals surface area contributed by atoms with Crippen molar-refractivity contribution in [2.75, 3.05) is 31.5 Å². The molecule has 1 aliphatic heterocycles. The number of fused-ring (bicyclic) bond motifs is 3. The van der Waals surface area contributed by atoms with Crippen LogP contribution in [0.1, 0.15) is 45.0 Å². The Kier molecular flexibility index (Phi) is 7.55. The van der Waals surface area contributed by atoms with E-state index in [1.54, 1.807) is 37.9 Å². The minimum Gasteiger partial charge on any atom is -0.497 e. The molecule has 7 nitrogen and oxygen atoms in total. The van der Waals surface area contributed by atoms with Crippen LogP contribution < -0.4 is 14.4 Å². The zero-order chi connectivity index (χ0) is 26.9. The van der Waals surface area contributed by atoms with E-state index in [4.69, 9.17) is 21.1 Å². The van der Waals surface area contributed by atoms with Crippen LogP contribution >= 0.6 is 11.6 Å². The Morgan fingerprint density at radius 2 is 1.73 bits per heavy atom. The maximum atomic E-state index is 14.3. The molecule has 1 unspecified atom stereocenters. The molecule has 8 heteroatoms. The molecule has 2 amide bonds. The molecule has 0 N–H and O–H groups in total. The van der Waals surface area contributed by atoms with E-state index in [0.29, 0.717) is 11.5 Å². The molecule has 0 fully saturated rings. The number of carbonyl (C=O) groups excluding carboxylic acids is 2. The maximum Gasteiger partial charge on any atom is 0.247 e. The summed E-state index contributed by atoms with van der Waals surface area (Å²) in [5.41, 5.74) is 2.53. The van der Waals surface area contributed by atoms with Gasteiger partial charge >= 0.3 is 0 Å². The molecule has 0 saturated carbocycles. The second-order valence-electron chi connectivity index (χ2n) is 10.1. The number of nitrogens with zero attached hydrogens (tertiary/aromatic N) is 3. The SMILES string of the molecule is COc1ccc(OC)c(C2c3cccn3-c3ccccc3N2C(=O)CN(C(=O)C(C)(C)CCl)C(C)C)c1. The standard InChI is InChI=1S/C29H34ClN3O4/c1-19(2)32(28(35)29(3,4)18-30)17-26(34)33-23-11-8-7-10-22(23)31-15-9-12-24(31)27(33)21-16-20(36-5)13-14-25(21)37-6/h7-16,19,27H,17-18H2,1-6H3. The number of amides is 2. The number of benzene rings is 2. The van der Waals surface area contributed by atoms with Gasteiger partial charge < -0.3 is 18.9 Å². The third-order valence-corrected chi connectivity index (χ3v) is 7.49. The average Bonchev–Trinajstić information content (AvgIpc) is 3.39. The second-order valence-corrected chi connectivity index (χ2v) is 10.4. The Labute approximate surface area is 223 Å². The number of hydrogen-bond acceptors (Lipinski definition) is 4. The van der Waals surface area contributed by atoms with Crippen LogP contribution in [-0.2, 0) is 9.59 Å². The van der Waals surface area contributed by atoms with Crippen molar-refractivity contribution in [3.05, 3.63) is 72.1 Å². The molecule has 196 valence electrons. The van der Waals surface area contributed by atoms with Crippen LogP contribution in [-0.4, -0.2) is 54.0 Å². The van der Waals surface area contributed by atoms with Gasteiger partial charge in [-0.1, -0.05) is 12.1 Å². The van der Waals surface area contributed by atoms with Crippen molar-refractivity contribution in [3.8, 4) is 17.2 Å². The number of halogens is 1. The highest BCUT2D eigenvalue weighted by molar-refractivity contribution is 6.20. The van der Waals surface area contributed by atoms with Crippen LogP contribution in [0.2, 0.25) is 0 Å². The summed E-state index contributed by atoms with van der Waals surface area (Å²) in [4.78, 5) is 31.1. The lowest BCUT2D eigenvalue weighted by Crippen LogP contribution is -2.52. The molecule has 0 saturated heterocycles. The molecule has 0 spiro atoms. The molecule has 0 radical (unpaired) electrons. The van der Waals surface area contributed by atoms with Crippen molar-refractivity contribution >= 4 is 29.1 Å². The molecule has 1 aromatic heterocycles. The van der Waals surface area contributed by atoms with Gasteiger partial charge in [-0.25, -0.2) is 0 Å². The quantitative estimate of drug-likeness (QED) is 0.369. The smallest absolute Gasteiger partial charge is 0.247 e. The molecule has 2 heterocycles. The molecular weight excluding hydrogens is 490 g/mol. The zero-order valence-corrected chi connectivity index (χ0v) is 23.0.